The highest BCUT2D eigenvalue weighted by Gasteiger charge is 2.19. The van der Waals surface area contributed by atoms with Crippen molar-refractivity contribution in [2.75, 3.05) is 32.1 Å². The molecule has 26 heavy (non-hydrogen) atoms. The van der Waals surface area contributed by atoms with E-state index in [1.165, 1.54) is 22.8 Å². The third kappa shape index (κ3) is 6.00. The van der Waals surface area contributed by atoms with Gasteiger partial charge in [0.15, 0.2) is 5.82 Å². The molecule has 0 aliphatic carbocycles. The zero-order chi connectivity index (χ0) is 18.8. The van der Waals surface area contributed by atoms with Crippen LogP contribution in [0.3, 0.4) is 0 Å². The second-order valence-corrected chi connectivity index (χ2v) is 5.95. The topological polar surface area (TPSA) is 84.7 Å². The molecular weight excluding hydrogens is 334 g/mol. The Morgan fingerprint density at radius 2 is 2.00 bits per heavy atom. The Morgan fingerprint density at radius 1 is 1.23 bits per heavy atom. The number of hydrogen-bond donors (Lipinski definition) is 1. The number of aryl methyl sites for hydroxylation is 1. The molecular formula is C19H25N3O4. The average molecular weight is 359 g/mol. The Balaban J connectivity index is 2.01. The highest BCUT2D eigenvalue weighted by Crippen LogP contribution is 2.11. The Hall–Kier alpha value is -2.67. The predicted octanol–water partition coefficient (Wildman–Crippen LogP) is 2.74. The van der Waals surface area contributed by atoms with Crippen molar-refractivity contribution >= 4 is 17.6 Å². The zero-order valence-electron chi connectivity index (χ0n) is 15.2. The molecule has 0 spiro atoms. The predicted molar refractivity (Wildman–Crippen MR) is 98.0 cm³/mol. The highest BCUT2D eigenvalue weighted by molar-refractivity contribution is 5.99. The summed E-state index contributed by atoms with van der Waals surface area (Å²) in [5.41, 5.74) is 1.76. The zero-order valence-corrected chi connectivity index (χ0v) is 15.2. The van der Waals surface area contributed by atoms with Gasteiger partial charge in [-0.2, -0.15) is 0 Å². The maximum absolute atomic E-state index is 12.8. The molecule has 140 valence electrons. The van der Waals surface area contributed by atoms with Crippen molar-refractivity contribution in [1.82, 2.24) is 10.1 Å². The summed E-state index contributed by atoms with van der Waals surface area (Å²) >= 11 is 0. The van der Waals surface area contributed by atoms with Crippen LogP contribution in [-0.4, -0.2) is 48.7 Å². The van der Waals surface area contributed by atoms with E-state index in [9.17, 15) is 9.59 Å². The lowest BCUT2D eigenvalue weighted by Crippen LogP contribution is -2.40. The molecule has 0 unspecified atom stereocenters. The van der Waals surface area contributed by atoms with Gasteiger partial charge in [-0.3, -0.25) is 9.59 Å². The van der Waals surface area contributed by atoms with Crippen molar-refractivity contribution in [3.63, 3.8) is 0 Å². The number of rotatable bonds is 10. The summed E-state index contributed by atoms with van der Waals surface area (Å²) in [5.74, 6) is -0.239. The molecule has 0 atom stereocenters. The number of carbonyl (C=O) groups is 2. The lowest BCUT2D eigenvalue weighted by Gasteiger charge is -2.21. The number of ether oxygens (including phenoxy) is 1. The van der Waals surface area contributed by atoms with Gasteiger partial charge in [-0.15, -0.1) is 0 Å². The molecule has 0 saturated heterocycles. The van der Waals surface area contributed by atoms with Crippen LogP contribution in [0.1, 0.15) is 35.7 Å². The number of benzene rings is 1. The van der Waals surface area contributed by atoms with E-state index in [2.05, 4.69) is 21.9 Å². The Morgan fingerprint density at radius 3 is 2.62 bits per heavy atom. The molecule has 1 heterocycles. The molecule has 1 N–H and O–H groups in total. The summed E-state index contributed by atoms with van der Waals surface area (Å²) in [6.45, 7) is 2.72. The quantitative estimate of drug-likeness (QED) is 0.705. The van der Waals surface area contributed by atoms with Crippen LogP contribution in [0.15, 0.2) is 41.1 Å². The van der Waals surface area contributed by atoms with Crippen molar-refractivity contribution in [3.05, 3.63) is 47.7 Å². The van der Waals surface area contributed by atoms with Crippen molar-refractivity contribution < 1.29 is 18.8 Å². The molecule has 0 saturated carbocycles. The minimum Gasteiger partial charge on any atom is -0.383 e. The maximum Gasteiger partial charge on any atom is 0.254 e. The van der Waals surface area contributed by atoms with Gasteiger partial charge in [0.05, 0.1) is 6.61 Å². The van der Waals surface area contributed by atoms with Gasteiger partial charge < -0.3 is 19.5 Å². The largest absolute Gasteiger partial charge is 0.383 e. The van der Waals surface area contributed by atoms with E-state index >= 15 is 0 Å². The monoisotopic (exact) mass is 359 g/mol. The molecule has 0 aliphatic rings. The van der Waals surface area contributed by atoms with Crippen LogP contribution in [0.2, 0.25) is 0 Å². The van der Waals surface area contributed by atoms with Gasteiger partial charge in [-0.05, 0) is 30.5 Å². The Kier molecular flexibility index (Phi) is 7.82. The molecule has 1 aromatic heterocycles. The molecule has 7 nitrogen and oxygen atoms in total. The van der Waals surface area contributed by atoms with Crippen LogP contribution in [-0.2, 0) is 16.0 Å². The molecule has 2 amide bonds. The highest BCUT2D eigenvalue weighted by atomic mass is 16.5. The lowest BCUT2D eigenvalue weighted by atomic mass is 10.1. The number of hydrogen-bond acceptors (Lipinski definition) is 5. The fourth-order valence-corrected chi connectivity index (χ4v) is 2.46. The smallest absolute Gasteiger partial charge is 0.254 e. The first-order chi connectivity index (χ1) is 12.6. The van der Waals surface area contributed by atoms with E-state index in [1.807, 2.05) is 24.3 Å². The van der Waals surface area contributed by atoms with E-state index in [1.54, 1.807) is 7.11 Å². The number of carbonyl (C=O) groups excluding carboxylic acids is 2. The number of aromatic nitrogens is 1. The van der Waals surface area contributed by atoms with Crippen LogP contribution in [0.4, 0.5) is 5.82 Å². The minimum absolute atomic E-state index is 0.0906. The molecule has 1 aromatic carbocycles. The number of anilines is 1. The third-order valence-corrected chi connectivity index (χ3v) is 3.91. The molecule has 0 bridgehead atoms. The van der Waals surface area contributed by atoms with Gasteiger partial charge in [0.1, 0.15) is 12.8 Å². The first-order valence-corrected chi connectivity index (χ1v) is 8.71. The van der Waals surface area contributed by atoms with Crippen molar-refractivity contribution in [1.29, 1.82) is 0 Å². The standard InChI is InChI=1S/C19H25N3O4/c1-3-4-5-15-6-8-16(9-7-15)19(24)22(11-13-25-2)14-18(23)20-17-10-12-26-21-17/h6-10,12H,3-5,11,13-14H2,1-2H3,(H,20,21,23). The lowest BCUT2D eigenvalue weighted by molar-refractivity contribution is -0.117. The third-order valence-electron chi connectivity index (χ3n) is 3.91. The summed E-state index contributed by atoms with van der Waals surface area (Å²) in [7, 11) is 1.56. The van der Waals surface area contributed by atoms with Crippen molar-refractivity contribution in [2.45, 2.75) is 26.2 Å². The maximum atomic E-state index is 12.8. The number of methoxy groups -OCH3 is 1. The SMILES string of the molecule is CCCCc1ccc(C(=O)N(CCOC)CC(=O)Nc2ccon2)cc1. The number of amides is 2. The van der Waals surface area contributed by atoms with Gasteiger partial charge in [-0.1, -0.05) is 30.6 Å². The first-order valence-electron chi connectivity index (χ1n) is 8.71. The second-order valence-electron chi connectivity index (χ2n) is 5.95. The van der Waals surface area contributed by atoms with Gasteiger partial charge >= 0.3 is 0 Å². The minimum atomic E-state index is -0.345. The fourth-order valence-electron chi connectivity index (χ4n) is 2.46. The summed E-state index contributed by atoms with van der Waals surface area (Å²) < 4.78 is 9.73. The van der Waals surface area contributed by atoms with E-state index in [-0.39, 0.29) is 18.4 Å². The van der Waals surface area contributed by atoms with Crippen LogP contribution in [0.5, 0.6) is 0 Å². The van der Waals surface area contributed by atoms with Gasteiger partial charge in [0, 0.05) is 25.3 Å². The summed E-state index contributed by atoms with van der Waals surface area (Å²) in [4.78, 5) is 26.4. The van der Waals surface area contributed by atoms with Crippen LogP contribution >= 0.6 is 0 Å². The van der Waals surface area contributed by atoms with E-state index < -0.39 is 0 Å². The van der Waals surface area contributed by atoms with E-state index in [0.29, 0.717) is 24.5 Å². The summed E-state index contributed by atoms with van der Waals surface area (Å²) in [6.07, 6.45) is 4.61. The molecule has 2 aromatic rings. The van der Waals surface area contributed by atoms with Crippen LogP contribution in [0, 0.1) is 0 Å². The van der Waals surface area contributed by atoms with E-state index in [4.69, 9.17) is 4.74 Å². The van der Waals surface area contributed by atoms with E-state index in [0.717, 1.165) is 19.3 Å². The molecule has 0 radical (unpaired) electrons. The van der Waals surface area contributed by atoms with Gasteiger partial charge in [0.25, 0.3) is 5.91 Å². The van der Waals surface area contributed by atoms with Crippen molar-refractivity contribution in [3.8, 4) is 0 Å². The summed E-state index contributed by atoms with van der Waals surface area (Å²) in [5, 5.41) is 6.22. The second kappa shape index (κ2) is 10.4. The Labute approximate surface area is 153 Å². The van der Waals surface area contributed by atoms with Crippen LogP contribution in [0.25, 0.3) is 0 Å². The molecule has 7 heteroatoms. The average Bonchev–Trinajstić information content (AvgIpc) is 3.16. The molecule has 0 aliphatic heterocycles. The number of nitrogens with zero attached hydrogens (tertiary/aromatic N) is 2. The van der Waals surface area contributed by atoms with Gasteiger partial charge in [0.2, 0.25) is 5.91 Å². The first kappa shape index (κ1) is 19.7. The normalized spacial score (nSPS) is 10.5. The summed E-state index contributed by atoms with van der Waals surface area (Å²) in [6, 6.07) is 9.08. The Bertz CT molecular complexity index is 683. The number of nitrogens with one attached hydrogen (secondary N) is 1. The molecule has 2 rings (SSSR count). The van der Waals surface area contributed by atoms with Crippen LogP contribution < -0.4 is 5.32 Å². The van der Waals surface area contributed by atoms with Gasteiger partial charge in [-0.25, -0.2) is 0 Å². The number of unbranched alkanes of at least 4 members (excludes halogenated alkanes) is 1. The molecule has 0 fully saturated rings. The van der Waals surface area contributed by atoms with Crippen molar-refractivity contribution in [2.24, 2.45) is 0 Å². The fraction of sp³-hybridized carbons (Fsp3) is 0.421.